The van der Waals surface area contributed by atoms with Crippen molar-refractivity contribution in [2.45, 2.75) is 6.04 Å². The van der Waals surface area contributed by atoms with Gasteiger partial charge in [0.25, 0.3) is 0 Å². The van der Waals surface area contributed by atoms with Crippen molar-refractivity contribution in [2.75, 3.05) is 5.73 Å². The predicted octanol–water partition coefficient (Wildman–Crippen LogP) is 1.10. The van der Waals surface area contributed by atoms with Gasteiger partial charge in [0.2, 0.25) is 5.95 Å². The Kier molecular flexibility index (Phi) is 2.80. The molecule has 6 heteroatoms. The summed E-state index contributed by atoms with van der Waals surface area (Å²) in [5.41, 5.74) is 12.4. The molecular weight excluding hydrogens is 226 g/mol. The summed E-state index contributed by atoms with van der Waals surface area (Å²) in [6.07, 6.45) is 0. The van der Waals surface area contributed by atoms with Crippen LogP contribution >= 0.6 is 11.6 Å². The lowest BCUT2D eigenvalue weighted by Crippen LogP contribution is -2.14. The molecule has 0 aliphatic rings. The smallest absolute Gasteiger partial charge is 0.218 e. The fourth-order valence-electron chi connectivity index (χ4n) is 1.42. The molecule has 0 amide bonds. The molecule has 5 nitrogen and oxygen atoms in total. The number of anilines is 1. The van der Waals surface area contributed by atoms with Crippen LogP contribution in [0, 0.1) is 0 Å². The Labute approximate surface area is 98.0 Å². The van der Waals surface area contributed by atoms with Crippen molar-refractivity contribution in [3.05, 3.63) is 40.7 Å². The van der Waals surface area contributed by atoms with Crippen molar-refractivity contribution in [3.8, 4) is 0 Å². The molecule has 1 aromatic heterocycles. The molecule has 0 fully saturated rings. The fraction of sp³-hybridized carbons (Fsp3) is 0.200. The standard InChI is InChI=1S/C10H12ClN5/c1-16-10(13)14-9(15-16)8(12)6-4-2-3-5-7(6)11/h2-5,8H,12H2,1H3,(H2,13,14,15)/t8-/m1/s1. The van der Waals surface area contributed by atoms with Gasteiger partial charge in [0.15, 0.2) is 5.82 Å². The highest BCUT2D eigenvalue weighted by molar-refractivity contribution is 6.31. The first kappa shape index (κ1) is 10.9. The first-order valence-corrected chi connectivity index (χ1v) is 5.14. The summed E-state index contributed by atoms with van der Waals surface area (Å²) < 4.78 is 1.48. The van der Waals surface area contributed by atoms with E-state index in [1.165, 1.54) is 4.68 Å². The van der Waals surface area contributed by atoms with E-state index in [9.17, 15) is 0 Å². The van der Waals surface area contributed by atoms with Crippen LogP contribution in [0.4, 0.5) is 5.95 Å². The second-order valence-corrected chi connectivity index (χ2v) is 3.86. The van der Waals surface area contributed by atoms with Gasteiger partial charge in [0.1, 0.15) is 0 Å². The van der Waals surface area contributed by atoms with E-state index < -0.39 is 6.04 Å². The molecule has 0 unspecified atom stereocenters. The maximum Gasteiger partial charge on any atom is 0.218 e. The summed E-state index contributed by atoms with van der Waals surface area (Å²) in [7, 11) is 1.71. The Morgan fingerprint density at radius 1 is 1.38 bits per heavy atom. The minimum absolute atomic E-state index is 0.331. The zero-order valence-electron chi connectivity index (χ0n) is 8.76. The van der Waals surface area contributed by atoms with E-state index in [0.717, 1.165) is 5.56 Å². The molecule has 0 saturated carbocycles. The predicted molar refractivity (Wildman–Crippen MR) is 62.9 cm³/mol. The minimum atomic E-state index is -0.461. The number of nitrogen functional groups attached to an aromatic ring is 1. The van der Waals surface area contributed by atoms with Gasteiger partial charge in [-0.2, -0.15) is 10.1 Å². The molecule has 1 aromatic carbocycles. The third kappa shape index (κ3) is 1.87. The number of benzene rings is 1. The van der Waals surface area contributed by atoms with E-state index in [4.69, 9.17) is 23.1 Å². The molecule has 4 N–H and O–H groups in total. The molecule has 0 aliphatic carbocycles. The van der Waals surface area contributed by atoms with Crippen LogP contribution in [0.15, 0.2) is 24.3 Å². The third-order valence-corrected chi connectivity index (χ3v) is 2.68. The van der Waals surface area contributed by atoms with Gasteiger partial charge < -0.3 is 11.5 Å². The third-order valence-electron chi connectivity index (χ3n) is 2.33. The number of nitrogens with two attached hydrogens (primary N) is 2. The SMILES string of the molecule is Cn1nc([C@H](N)c2ccccc2Cl)nc1N. The van der Waals surface area contributed by atoms with Gasteiger partial charge in [-0.3, -0.25) is 0 Å². The van der Waals surface area contributed by atoms with Crippen LogP contribution in [0.1, 0.15) is 17.4 Å². The monoisotopic (exact) mass is 237 g/mol. The van der Waals surface area contributed by atoms with Gasteiger partial charge in [0.05, 0.1) is 6.04 Å². The summed E-state index contributed by atoms with van der Waals surface area (Å²) in [6.45, 7) is 0. The molecule has 1 atom stereocenters. The fourth-order valence-corrected chi connectivity index (χ4v) is 1.67. The van der Waals surface area contributed by atoms with E-state index in [2.05, 4.69) is 10.1 Å². The second-order valence-electron chi connectivity index (χ2n) is 3.45. The average molecular weight is 238 g/mol. The number of aryl methyl sites for hydroxylation is 1. The summed E-state index contributed by atoms with van der Waals surface area (Å²) in [5, 5.41) is 4.72. The summed E-state index contributed by atoms with van der Waals surface area (Å²) in [6, 6.07) is 6.88. The number of halogens is 1. The topological polar surface area (TPSA) is 82.8 Å². The Morgan fingerprint density at radius 3 is 2.62 bits per heavy atom. The van der Waals surface area contributed by atoms with E-state index >= 15 is 0 Å². The van der Waals surface area contributed by atoms with Gasteiger partial charge in [-0.25, -0.2) is 4.68 Å². The molecule has 0 saturated heterocycles. The van der Waals surface area contributed by atoms with Gasteiger partial charge in [-0.15, -0.1) is 0 Å². The highest BCUT2D eigenvalue weighted by atomic mass is 35.5. The number of hydrogen-bond acceptors (Lipinski definition) is 4. The lowest BCUT2D eigenvalue weighted by atomic mass is 10.1. The lowest BCUT2D eigenvalue weighted by molar-refractivity contribution is 0.717. The van der Waals surface area contributed by atoms with Crippen molar-refractivity contribution in [2.24, 2.45) is 12.8 Å². The molecule has 1 heterocycles. The largest absolute Gasteiger partial charge is 0.368 e. The molecule has 0 bridgehead atoms. The van der Waals surface area contributed by atoms with E-state index in [0.29, 0.717) is 16.8 Å². The molecule has 0 aliphatic heterocycles. The average Bonchev–Trinajstić information content (AvgIpc) is 2.59. The second kappa shape index (κ2) is 4.11. The molecule has 84 valence electrons. The summed E-state index contributed by atoms with van der Waals surface area (Å²) >= 11 is 6.04. The van der Waals surface area contributed by atoms with Crippen LogP contribution in [0.25, 0.3) is 0 Å². The van der Waals surface area contributed by atoms with E-state index in [-0.39, 0.29) is 0 Å². The van der Waals surface area contributed by atoms with Crippen molar-refractivity contribution in [1.82, 2.24) is 14.8 Å². The maximum absolute atomic E-state index is 6.04. The van der Waals surface area contributed by atoms with Crippen molar-refractivity contribution >= 4 is 17.5 Å². The van der Waals surface area contributed by atoms with Gasteiger partial charge >= 0.3 is 0 Å². The lowest BCUT2D eigenvalue weighted by Gasteiger charge is -2.09. The quantitative estimate of drug-likeness (QED) is 0.819. The highest BCUT2D eigenvalue weighted by Gasteiger charge is 2.17. The van der Waals surface area contributed by atoms with Crippen LogP contribution in [0.3, 0.4) is 0 Å². The zero-order valence-corrected chi connectivity index (χ0v) is 9.52. The van der Waals surface area contributed by atoms with E-state index in [1.807, 2.05) is 18.2 Å². The normalized spacial score (nSPS) is 12.7. The van der Waals surface area contributed by atoms with Crippen LogP contribution in [0.2, 0.25) is 5.02 Å². The number of hydrogen-bond donors (Lipinski definition) is 2. The van der Waals surface area contributed by atoms with Crippen LogP contribution in [-0.2, 0) is 7.05 Å². The Morgan fingerprint density at radius 2 is 2.06 bits per heavy atom. The van der Waals surface area contributed by atoms with Crippen LogP contribution < -0.4 is 11.5 Å². The molecule has 2 rings (SSSR count). The number of nitrogens with zero attached hydrogens (tertiary/aromatic N) is 3. The Hall–Kier alpha value is -1.59. The molecule has 0 radical (unpaired) electrons. The summed E-state index contributed by atoms with van der Waals surface area (Å²) in [4.78, 5) is 4.07. The maximum atomic E-state index is 6.04. The Balaban J connectivity index is 2.39. The molecule has 0 spiro atoms. The zero-order chi connectivity index (χ0) is 11.7. The van der Waals surface area contributed by atoms with Gasteiger partial charge in [-0.1, -0.05) is 29.8 Å². The van der Waals surface area contributed by atoms with Gasteiger partial charge in [-0.05, 0) is 11.6 Å². The highest BCUT2D eigenvalue weighted by Crippen LogP contribution is 2.24. The molecule has 16 heavy (non-hydrogen) atoms. The van der Waals surface area contributed by atoms with Crippen molar-refractivity contribution in [1.29, 1.82) is 0 Å². The number of rotatable bonds is 2. The first-order chi connectivity index (χ1) is 7.59. The Bertz CT molecular complexity index is 488. The van der Waals surface area contributed by atoms with Crippen LogP contribution in [-0.4, -0.2) is 14.8 Å². The molecule has 2 aromatic rings. The minimum Gasteiger partial charge on any atom is -0.368 e. The van der Waals surface area contributed by atoms with Gasteiger partial charge in [0, 0.05) is 12.1 Å². The summed E-state index contributed by atoms with van der Waals surface area (Å²) in [5.74, 6) is 0.797. The number of aromatic nitrogens is 3. The first-order valence-electron chi connectivity index (χ1n) is 4.76. The van der Waals surface area contributed by atoms with E-state index in [1.54, 1.807) is 13.1 Å². The molecular formula is C10H12ClN5. The van der Waals surface area contributed by atoms with Crippen LogP contribution in [0.5, 0.6) is 0 Å². The van der Waals surface area contributed by atoms with Crippen molar-refractivity contribution < 1.29 is 0 Å². The van der Waals surface area contributed by atoms with Crippen molar-refractivity contribution in [3.63, 3.8) is 0 Å².